The third-order valence-corrected chi connectivity index (χ3v) is 4.31. The third-order valence-electron chi connectivity index (χ3n) is 4.31. The smallest absolute Gasteiger partial charge is 0.256 e. The van der Waals surface area contributed by atoms with Crippen LogP contribution in [0.5, 0.6) is 5.88 Å². The Morgan fingerprint density at radius 1 is 1.26 bits per heavy atom. The fraction of sp³-hybridized carbons (Fsp3) is 0.158. The number of hydrogen-bond acceptors (Lipinski definition) is 5. The van der Waals surface area contributed by atoms with Crippen molar-refractivity contribution in [1.82, 2.24) is 30.1 Å². The summed E-state index contributed by atoms with van der Waals surface area (Å²) in [5.74, 6) is -0.386. The largest absolute Gasteiger partial charge is 0.493 e. The van der Waals surface area contributed by atoms with Crippen molar-refractivity contribution < 1.29 is 9.90 Å². The second-order valence-corrected chi connectivity index (χ2v) is 6.27. The van der Waals surface area contributed by atoms with E-state index in [1.54, 1.807) is 12.4 Å². The molecule has 27 heavy (non-hydrogen) atoms. The molecular weight excluding hydrogens is 344 g/mol. The van der Waals surface area contributed by atoms with Gasteiger partial charge in [-0.25, -0.2) is 4.98 Å². The summed E-state index contributed by atoms with van der Waals surface area (Å²) in [6, 6.07) is 9.67. The average Bonchev–Trinajstić information content (AvgIpc) is 3.33. The van der Waals surface area contributed by atoms with Crippen molar-refractivity contribution in [2.45, 2.75) is 13.3 Å². The molecule has 0 spiro atoms. The van der Waals surface area contributed by atoms with Crippen molar-refractivity contribution in [2.75, 3.05) is 6.54 Å². The molecule has 4 rings (SSSR count). The van der Waals surface area contributed by atoms with Crippen LogP contribution < -0.4 is 5.32 Å². The minimum absolute atomic E-state index is 0.102. The van der Waals surface area contributed by atoms with Crippen LogP contribution in [0.25, 0.3) is 16.9 Å². The predicted molar refractivity (Wildman–Crippen MR) is 99.4 cm³/mol. The van der Waals surface area contributed by atoms with Gasteiger partial charge in [0.1, 0.15) is 5.56 Å². The highest BCUT2D eigenvalue weighted by molar-refractivity contribution is 5.99. The number of H-pyrrole nitrogens is 1. The Kier molecular flexibility index (Phi) is 4.29. The lowest BCUT2D eigenvalue weighted by Crippen LogP contribution is -2.25. The van der Waals surface area contributed by atoms with E-state index in [0.29, 0.717) is 29.0 Å². The van der Waals surface area contributed by atoms with Crippen molar-refractivity contribution >= 4 is 11.6 Å². The SMILES string of the molecule is Cc1ccc(CCNC(=O)c2cnn3c(O)cc(-c4cn[nH]c4)nc23)cc1. The van der Waals surface area contributed by atoms with Crippen LogP contribution in [0.1, 0.15) is 21.5 Å². The van der Waals surface area contributed by atoms with E-state index < -0.39 is 0 Å². The van der Waals surface area contributed by atoms with E-state index in [1.807, 2.05) is 31.2 Å². The number of carbonyl (C=O) groups is 1. The number of carbonyl (C=O) groups excluding carboxylic acids is 1. The van der Waals surface area contributed by atoms with Crippen LogP contribution in [0.3, 0.4) is 0 Å². The van der Waals surface area contributed by atoms with Gasteiger partial charge in [0.05, 0.1) is 18.1 Å². The second kappa shape index (κ2) is 6.91. The third kappa shape index (κ3) is 3.37. The molecule has 8 nitrogen and oxygen atoms in total. The fourth-order valence-corrected chi connectivity index (χ4v) is 2.82. The number of aromatic hydroxyl groups is 1. The zero-order chi connectivity index (χ0) is 18.8. The first-order chi connectivity index (χ1) is 13.1. The monoisotopic (exact) mass is 362 g/mol. The molecule has 0 radical (unpaired) electrons. The Hall–Kier alpha value is -3.68. The highest BCUT2D eigenvalue weighted by Crippen LogP contribution is 2.23. The molecule has 3 aromatic heterocycles. The Morgan fingerprint density at radius 2 is 2.07 bits per heavy atom. The van der Waals surface area contributed by atoms with Gasteiger partial charge in [0, 0.05) is 24.4 Å². The van der Waals surface area contributed by atoms with E-state index in [0.717, 1.165) is 12.0 Å². The number of aromatic amines is 1. The van der Waals surface area contributed by atoms with Crippen LogP contribution in [-0.2, 0) is 6.42 Å². The summed E-state index contributed by atoms with van der Waals surface area (Å²) < 4.78 is 1.23. The first-order valence-electron chi connectivity index (χ1n) is 8.52. The standard InChI is InChI=1S/C19H18N6O2/c1-12-2-4-13(5-3-12)6-7-20-19(27)15-11-23-25-17(26)8-16(24-18(15)25)14-9-21-22-10-14/h2-5,8-11,26H,6-7H2,1H3,(H,20,27)(H,21,22). The normalized spacial score (nSPS) is 11.0. The number of fused-ring (bicyclic) bond motifs is 1. The first-order valence-corrected chi connectivity index (χ1v) is 8.52. The lowest BCUT2D eigenvalue weighted by molar-refractivity contribution is 0.0955. The van der Waals surface area contributed by atoms with Gasteiger partial charge in [-0.1, -0.05) is 29.8 Å². The zero-order valence-corrected chi connectivity index (χ0v) is 14.7. The highest BCUT2D eigenvalue weighted by atomic mass is 16.3. The fourth-order valence-electron chi connectivity index (χ4n) is 2.82. The molecule has 0 aliphatic heterocycles. The molecule has 3 N–H and O–H groups in total. The van der Waals surface area contributed by atoms with Gasteiger partial charge < -0.3 is 10.4 Å². The van der Waals surface area contributed by atoms with Crippen molar-refractivity contribution in [3.05, 3.63) is 65.6 Å². The van der Waals surface area contributed by atoms with E-state index in [1.165, 1.54) is 22.3 Å². The number of rotatable bonds is 5. The highest BCUT2D eigenvalue weighted by Gasteiger charge is 2.17. The number of aryl methyl sites for hydroxylation is 1. The van der Waals surface area contributed by atoms with Gasteiger partial charge in [-0.2, -0.15) is 14.7 Å². The number of benzene rings is 1. The van der Waals surface area contributed by atoms with E-state index in [4.69, 9.17) is 0 Å². The molecule has 0 aliphatic rings. The lowest BCUT2D eigenvalue weighted by atomic mass is 10.1. The van der Waals surface area contributed by atoms with Crippen molar-refractivity contribution in [1.29, 1.82) is 0 Å². The Balaban J connectivity index is 1.54. The van der Waals surface area contributed by atoms with E-state index in [2.05, 4.69) is 25.6 Å². The number of amides is 1. The summed E-state index contributed by atoms with van der Waals surface area (Å²) in [7, 11) is 0. The van der Waals surface area contributed by atoms with Gasteiger partial charge in [0.25, 0.3) is 5.91 Å². The van der Waals surface area contributed by atoms with Gasteiger partial charge in [0.15, 0.2) is 5.65 Å². The summed E-state index contributed by atoms with van der Waals surface area (Å²) in [4.78, 5) is 17.0. The Bertz CT molecular complexity index is 1080. The van der Waals surface area contributed by atoms with Crippen LogP contribution in [0, 0.1) is 6.92 Å². The van der Waals surface area contributed by atoms with Crippen LogP contribution in [-0.4, -0.2) is 42.4 Å². The molecule has 0 saturated heterocycles. The molecule has 0 unspecified atom stereocenters. The van der Waals surface area contributed by atoms with E-state index in [-0.39, 0.29) is 11.8 Å². The average molecular weight is 362 g/mol. The second-order valence-electron chi connectivity index (χ2n) is 6.27. The van der Waals surface area contributed by atoms with E-state index in [9.17, 15) is 9.90 Å². The van der Waals surface area contributed by atoms with Gasteiger partial charge in [-0.05, 0) is 18.9 Å². The molecule has 3 heterocycles. The zero-order valence-electron chi connectivity index (χ0n) is 14.7. The van der Waals surface area contributed by atoms with Crippen molar-refractivity contribution in [2.24, 2.45) is 0 Å². The molecule has 8 heteroatoms. The predicted octanol–water partition coefficient (Wildman–Crippen LogP) is 2.11. The maximum atomic E-state index is 12.6. The van der Waals surface area contributed by atoms with Crippen LogP contribution in [0.4, 0.5) is 0 Å². The maximum absolute atomic E-state index is 12.6. The molecule has 0 bridgehead atoms. The molecule has 0 saturated carbocycles. The quantitative estimate of drug-likeness (QED) is 0.504. The molecule has 4 aromatic rings. The topological polar surface area (TPSA) is 108 Å². The number of nitrogens with one attached hydrogen (secondary N) is 2. The van der Waals surface area contributed by atoms with Crippen LogP contribution in [0.2, 0.25) is 0 Å². The first kappa shape index (κ1) is 16.8. The minimum atomic E-state index is -0.284. The number of nitrogens with zero attached hydrogens (tertiary/aromatic N) is 4. The maximum Gasteiger partial charge on any atom is 0.256 e. The van der Waals surface area contributed by atoms with Gasteiger partial charge in [-0.3, -0.25) is 9.89 Å². The summed E-state index contributed by atoms with van der Waals surface area (Å²) in [5.41, 5.74) is 4.16. The van der Waals surface area contributed by atoms with E-state index >= 15 is 0 Å². The van der Waals surface area contributed by atoms with Crippen molar-refractivity contribution in [3.63, 3.8) is 0 Å². The van der Waals surface area contributed by atoms with Gasteiger partial charge >= 0.3 is 0 Å². The lowest BCUT2D eigenvalue weighted by Gasteiger charge is -2.06. The molecular formula is C19H18N6O2. The van der Waals surface area contributed by atoms with Gasteiger partial charge in [0.2, 0.25) is 5.88 Å². The molecule has 0 atom stereocenters. The Labute approximate surface area is 154 Å². The number of hydrogen-bond donors (Lipinski definition) is 3. The molecule has 0 fully saturated rings. The van der Waals surface area contributed by atoms with Crippen LogP contribution in [0.15, 0.2) is 48.9 Å². The summed E-state index contributed by atoms with van der Waals surface area (Å²) >= 11 is 0. The molecule has 1 amide bonds. The molecule has 1 aromatic carbocycles. The summed E-state index contributed by atoms with van der Waals surface area (Å²) in [6.45, 7) is 2.53. The minimum Gasteiger partial charge on any atom is -0.493 e. The van der Waals surface area contributed by atoms with Crippen molar-refractivity contribution in [3.8, 4) is 17.1 Å². The van der Waals surface area contributed by atoms with Crippen LogP contribution >= 0.6 is 0 Å². The number of aromatic nitrogens is 5. The van der Waals surface area contributed by atoms with Gasteiger partial charge in [-0.15, -0.1) is 0 Å². The summed E-state index contributed by atoms with van der Waals surface area (Å²) in [6.07, 6.45) is 5.39. The molecule has 136 valence electrons. The summed E-state index contributed by atoms with van der Waals surface area (Å²) in [5, 5.41) is 23.7. The Morgan fingerprint density at radius 3 is 2.81 bits per heavy atom. The molecule has 0 aliphatic carbocycles.